The highest BCUT2D eigenvalue weighted by Gasteiger charge is 1.94. The van der Waals surface area contributed by atoms with Crippen molar-refractivity contribution in [3.8, 4) is 0 Å². The number of hydrogen-bond acceptors (Lipinski definition) is 1. The number of allylic oxidation sites excluding steroid dienone is 2. The van der Waals surface area contributed by atoms with Crippen LogP contribution in [0.1, 0.15) is 39.5 Å². The molecular formula is C10H19N3. The molecule has 0 aromatic rings. The third-order valence-electron chi connectivity index (χ3n) is 1.60. The Hall–Kier alpha value is -1.12. The minimum atomic E-state index is -0.105. The van der Waals surface area contributed by atoms with Gasteiger partial charge in [-0.05, 0) is 25.3 Å². The Labute approximate surface area is 80.3 Å². The summed E-state index contributed by atoms with van der Waals surface area (Å²) in [6.45, 7) is 4.20. The first-order valence-electron chi connectivity index (χ1n) is 4.78. The number of nitrogens with zero attached hydrogens (tertiary/aromatic N) is 1. The van der Waals surface area contributed by atoms with E-state index >= 15 is 0 Å². The molecule has 0 fully saturated rings. The Bertz CT molecular complexity index is 204. The van der Waals surface area contributed by atoms with E-state index in [0.717, 1.165) is 31.4 Å². The molecule has 0 radical (unpaired) electrons. The van der Waals surface area contributed by atoms with E-state index in [1.165, 1.54) is 0 Å². The number of nitrogens with one attached hydrogen (secondary N) is 1. The molecular weight excluding hydrogens is 162 g/mol. The number of guanidine groups is 1. The zero-order valence-electron chi connectivity index (χ0n) is 8.51. The molecule has 3 N–H and O–H groups in total. The second kappa shape index (κ2) is 7.53. The quantitative estimate of drug-likeness (QED) is 0.496. The Morgan fingerprint density at radius 1 is 1.46 bits per heavy atom. The zero-order valence-corrected chi connectivity index (χ0v) is 8.51. The van der Waals surface area contributed by atoms with Crippen LogP contribution < -0.4 is 5.73 Å². The van der Waals surface area contributed by atoms with Gasteiger partial charge in [-0.25, -0.2) is 4.99 Å². The summed E-state index contributed by atoms with van der Waals surface area (Å²) in [7, 11) is 0. The van der Waals surface area contributed by atoms with Crippen molar-refractivity contribution in [2.24, 2.45) is 10.7 Å². The van der Waals surface area contributed by atoms with Crippen molar-refractivity contribution in [1.29, 1.82) is 5.41 Å². The first-order valence-corrected chi connectivity index (χ1v) is 4.78. The van der Waals surface area contributed by atoms with Gasteiger partial charge in [0.2, 0.25) is 5.96 Å². The van der Waals surface area contributed by atoms with Crippen LogP contribution in [0.3, 0.4) is 0 Å². The number of nitrogens with two attached hydrogens (primary N) is 1. The van der Waals surface area contributed by atoms with Crippen molar-refractivity contribution in [2.45, 2.75) is 39.5 Å². The van der Waals surface area contributed by atoms with Crippen LogP contribution in [0.25, 0.3) is 0 Å². The molecule has 0 aromatic carbocycles. The molecule has 0 saturated heterocycles. The van der Waals surface area contributed by atoms with Gasteiger partial charge in [0.1, 0.15) is 0 Å². The van der Waals surface area contributed by atoms with Gasteiger partial charge in [-0.3, -0.25) is 5.41 Å². The lowest BCUT2D eigenvalue weighted by atomic mass is 10.1. The third-order valence-corrected chi connectivity index (χ3v) is 1.60. The molecule has 13 heavy (non-hydrogen) atoms. The fraction of sp³-hybridized carbons (Fsp3) is 0.600. The maximum absolute atomic E-state index is 7.05. The van der Waals surface area contributed by atoms with Crippen LogP contribution in [0.2, 0.25) is 0 Å². The Balaban J connectivity index is 4.18. The van der Waals surface area contributed by atoms with E-state index in [2.05, 4.69) is 18.8 Å². The molecule has 0 saturated carbocycles. The first kappa shape index (κ1) is 11.9. The van der Waals surface area contributed by atoms with Crippen LogP contribution in [0, 0.1) is 5.41 Å². The average Bonchev–Trinajstić information content (AvgIpc) is 2.09. The molecule has 0 spiro atoms. The summed E-state index contributed by atoms with van der Waals surface area (Å²) in [6, 6.07) is 0. The van der Waals surface area contributed by atoms with E-state index < -0.39 is 0 Å². The summed E-state index contributed by atoms with van der Waals surface area (Å²) in [6.07, 6.45) is 8.13. The van der Waals surface area contributed by atoms with Crippen LogP contribution in [-0.2, 0) is 0 Å². The normalized spacial score (nSPS) is 12.3. The van der Waals surface area contributed by atoms with Crippen molar-refractivity contribution in [3.05, 3.63) is 12.2 Å². The van der Waals surface area contributed by atoms with Crippen molar-refractivity contribution >= 4 is 11.7 Å². The van der Waals surface area contributed by atoms with Crippen molar-refractivity contribution in [2.75, 3.05) is 0 Å². The molecule has 0 heterocycles. The summed E-state index contributed by atoms with van der Waals surface area (Å²) in [4.78, 5) is 3.94. The largest absolute Gasteiger partial charge is 0.368 e. The predicted molar refractivity (Wildman–Crippen MR) is 58.3 cm³/mol. The van der Waals surface area contributed by atoms with Crippen molar-refractivity contribution in [1.82, 2.24) is 0 Å². The SMILES string of the molecule is CC/C=C\C(CCCC)=NC(=N)N. The highest BCUT2D eigenvalue weighted by atomic mass is 15.0. The van der Waals surface area contributed by atoms with Crippen molar-refractivity contribution in [3.63, 3.8) is 0 Å². The molecule has 0 atom stereocenters. The van der Waals surface area contributed by atoms with E-state index in [1.807, 2.05) is 12.2 Å². The molecule has 0 bridgehead atoms. The summed E-state index contributed by atoms with van der Waals surface area (Å²) < 4.78 is 0. The van der Waals surface area contributed by atoms with Gasteiger partial charge in [0, 0.05) is 5.71 Å². The van der Waals surface area contributed by atoms with E-state index in [9.17, 15) is 0 Å². The molecule has 0 amide bonds. The molecule has 3 heteroatoms. The van der Waals surface area contributed by atoms with Gasteiger partial charge in [0.25, 0.3) is 0 Å². The highest BCUT2D eigenvalue weighted by Crippen LogP contribution is 1.99. The fourth-order valence-electron chi connectivity index (χ4n) is 0.943. The number of aliphatic imine (C=N–C) groups is 1. The van der Waals surface area contributed by atoms with Gasteiger partial charge in [0.15, 0.2) is 0 Å². The number of unbranched alkanes of at least 4 members (excludes halogenated alkanes) is 1. The topological polar surface area (TPSA) is 62.2 Å². The summed E-state index contributed by atoms with van der Waals surface area (Å²) >= 11 is 0. The van der Waals surface area contributed by atoms with Gasteiger partial charge in [0.05, 0.1) is 0 Å². The highest BCUT2D eigenvalue weighted by molar-refractivity contribution is 6.02. The van der Waals surface area contributed by atoms with Crippen LogP contribution >= 0.6 is 0 Å². The minimum absolute atomic E-state index is 0.105. The molecule has 0 aliphatic carbocycles. The van der Waals surface area contributed by atoms with E-state index in [4.69, 9.17) is 11.1 Å². The maximum atomic E-state index is 7.05. The number of rotatable bonds is 5. The predicted octanol–water partition coefficient (Wildman–Crippen LogP) is 2.48. The van der Waals surface area contributed by atoms with Gasteiger partial charge >= 0.3 is 0 Å². The van der Waals surface area contributed by atoms with Crippen LogP contribution in [-0.4, -0.2) is 11.7 Å². The Morgan fingerprint density at radius 3 is 2.62 bits per heavy atom. The van der Waals surface area contributed by atoms with Crippen LogP contribution in [0.15, 0.2) is 17.1 Å². The number of hydrogen-bond donors (Lipinski definition) is 2. The monoisotopic (exact) mass is 181 g/mol. The lowest BCUT2D eigenvalue weighted by Gasteiger charge is -1.98. The molecule has 0 aromatic heterocycles. The van der Waals surface area contributed by atoms with Gasteiger partial charge in [-0.15, -0.1) is 0 Å². The summed E-state index contributed by atoms with van der Waals surface area (Å²) in [5, 5.41) is 7.05. The smallest absolute Gasteiger partial charge is 0.212 e. The van der Waals surface area contributed by atoms with Gasteiger partial charge in [-0.2, -0.15) is 0 Å². The molecule has 0 rings (SSSR count). The standard InChI is InChI=1S/C10H19N3/c1-3-5-7-9(8-6-4-2)13-10(11)12/h5,7H,3-4,6,8H2,1-2H3,(H3,11,12)/b7-5-,13-9?. The second-order valence-electron chi connectivity index (χ2n) is 2.90. The minimum Gasteiger partial charge on any atom is -0.368 e. The molecule has 0 aliphatic heterocycles. The van der Waals surface area contributed by atoms with E-state index in [1.54, 1.807) is 0 Å². The fourth-order valence-corrected chi connectivity index (χ4v) is 0.943. The zero-order chi connectivity index (χ0) is 10.1. The summed E-state index contributed by atoms with van der Waals surface area (Å²) in [5.74, 6) is -0.105. The maximum Gasteiger partial charge on any atom is 0.212 e. The van der Waals surface area contributed by atoms with E-state index in [0.29, 0.717) is 0 Å². The lowest BCUT2D eigenvalue weighted by molar-refractivity contribution is 0.836. The van der Waals surface area contributed by atoms with Gasteiger partial charge in [-0.1, -0.05) is 26.3 Å². The molecule has 74 valence electrons. The lowest BCUT2D eigenvalue weighted by Crippen LogP contribution is -2.09. The Kier molecular flexibility index (Phi) is 6.88. The first-order chi connectivity index (χ1) is 6.20. The molecule has 0 unspecified atom stereocenters. The van der Waals surface area contributed by atoms with E-state index in [-0.39, 0.29) is 5.96 Å². The molecule has 0 aliphatic rings. The third kappa shape index (κ3) is 7.25. The second-order valence-corrected chi connectivity index (χ2v) is 2.90. The van der Waals surface area contributed by atoms with Crippen LogP contribution in [0.5, 0.6) is 0 Å². The average molecular weight is 181 g/mol. The van der Waals surface area contributed by atoms with Crippen molar-refractivity contribution < 1.29 is 0 Å². The molecule has 3 nitrogen and oxygen atoms in total. The van der Waals surface area contributed by atoms with Gasteiger partial charge < -0.3 is 5.73 Å². The Morgan fingerprint density at radius 2 is 2.15 bits per heavy atom. The summed E-state index contributed by atoms with van der Waals surface area (Å²) in [5.41, 5.74) is 6.11. The van der Waals surface area contributed by atoms with Crippen LogP contribution in [0.4, 0.5) is 0 Å².